The molecule has 0 bridgehead atoms. The molecule has 0 atom stereocenters. The Kier molecular flexibility index (Phi) is 5.03. The van der Waals surface area contributed by atoms with Gasteiger partial charge in [0.25, 0.3) is 0 Å². The lowest BCUT2D eigenvalue weighted by atomic mass is 10.2. The Labute approximate surface area is 121 Å². The Bertz CT molecular complexity index is 600. The topological polar surface area (TPSA) is 37.0 Å². The zero-order chi connectivity index (χ0) is 15.2. The molecule has 0 aliphatic carbocycles. The number of hydrogen-bond acceptors (Lipinski definition) is 3. The van der Waals surface area contributed by atoms with E-state index in [1.54, 1.807) is 12.1 Å². The number of anilines is 2. The van der Waals surface area contributed by atoms with Crippen LogP contribution in [0.3, 0.4) is 0 Å². The van der Waals surface area contributed by atoms with Gasteiger partial charge in [-0.25, -0.2) is 18.2 Å². The van der Waals surface area contributed by atoms with Crippen LogP contribution in [-0.2, 0) is 6.54 Å². The van der Waals surface area contributed by atoms with Gasteiger partial charge in [-0.2, -0.15) is 0 Å². The largest absolute Gasteiger partial charge is 0.368 e. The molecule has 112 valence electrons. The van der Waals surface area contributed by atoms with Gasteiger partial charge >= 0.3 is 0 Å². The van der Waals surface area contributed by atoms with Gasteiger partial charge in [-0.15, -0.1) is 0 Å². The first kappa shape index (κ1) is 15.2. The van der Waals surface area contributed by atoms with Crippen molar-refractivity contribution < 1.29 is 13.2 Å². The highest BCUT2D eigenvalue weighted by molar-refractivity contribution is 5.47. The van der Waals surface area contributed by atoms with Crippen molar-refractivity contribution in [3.05, 3.63) is 53.3 Å². The number of nitrogens with zero attached hydrogens (tertiary/aromatic N) is 1. The van der Waals surface area contributed by atoms with Crippen LogP contribution in [-0.4, -0.2) is 11.5 Å². The Balaban J connectivity index is 2.09. The van der Waals surface area contributed by atoms with Crippen molar-refractivity contribution in [2.45, 2.75) is 19.9 Å². The second-order valence-corrected chi connectivity index (χ2v) is 4.56. The molecule has 2 aromatic rings. The summed E-state index contributed by atoms with van der Waals surface area (Å²) in [5, 5.41) is 5.57. The third-order valence-electron chi connectivity index (χ3n) is 2.85. The molecule has 0 unspecified atom stereocenters. The zero-order valence-electron chi connectivity index (χ0n) is 11.6. The predicted octanol–water partition coefficient (Wildman–Crippen LogP) is 3.93. The van der Waals surface area contributed by atoms with Gasteiger partial charge in [0, 0.05) is 19.2 Å². The van der Waals surface area contributed by atoms with E-state index in [9.17, 15) is 13.2 Å². The fraction of sp³-hybridized carbons (Fsp3) is 0.267. The van der Waals surface area contributed by atoms with Crippen LogP contribution in [0.2, 0.25) is 0 Å². The minimum Gasteiger partial charge on any atom is -0.368 e. The maximum atomic E-state index is 13.7. The molecule has 21 heavy (non-hydrogen) atoms. The summed E-state index contributed by atoms with van der Waals surface area (Å²) < 4.78 is 40.0. The molecule has 0 amide bonds. The van der Waals surface area contributed by atoms with E-state index in [0.29, 0.717) is 6.54 Å². The molecule has 2 N–H and O–H groups in total. The van der Waals surface area contributed by atoms with E-state index in [4.69, 9.17) is 0 Å². The summed E-state index contributed by atoms with van der Waals surface area (Å²) in [6.07, 6.45) is 0.802. The number of hydrogen-bond donors (Lipinski definition) is 2. The molecule has 0 aliphatic heterocycles. The lowest BCUT2D eigenvalue weighted by molar-refractivity contribution is 0.577. The molecule has 3 nitrogen and oxygen atoms in total. The molecule has 0 saturated carbocycles. The van der Waals surface area contributed by atoms with Crippen molar-refractivity contribution in [3.8, 4) is 0 Å². The summed E-state index contributed by atoms with van der Waals surface area (Å²) in [6.45, 7) is 2.75. The van der Waals surface area contributed by atoms with Crippen molar-refractivity contribution in [1.29, 1.82) is 0 Å². The van der Waals surface area contributed by atoms with Crippen LogP contribution in [0.4, 0.5) is 24.8 Å². The van der Waals surface area contributed by atoms with Crippen LogP contribution in [0.25, 0.3) is 0 Å². The van der Waals surface area contributed by atoms with Crippen LogP contribution in [0.15, 0.2) is 30.3 Å². The average molecular weight is 295 g/mol. The third-order valence-corrected chi connectivity index (χ3v) is 2.85. The van der Waals surface area contributed by atoms with E-state index < -0.39 is 11.6 Å². The quantitative estimate of drug-likeness (QED) is 0.847. The fourth-order valence-electron chi connectivity index (χ4n) is 1.75. The molecule has 1 aromatic carbocycles. The highest BCUT2D eigenvalue weighted by atomic mass is 19.1. The van der Waals surface area contributed by atoms with Crippen molar-refractivity contribution >= 4 is 11.6 Å². The molecule has 2 rings (SSSR count). The molecular weight excluding hydrogens is 279 g/mol. The first-order valence-electron chi connectivity index (χ1n) is 6.68. The van der Waals surface area contributed by atoms with Crippen LogP contribution in [0, 0.1) is 17.5 Å². The molecule has 0 aliphatic rings. The van der Waals surface area contributed by atoms with Gasteiger partial charge in [-0.3, -0.25) is 0 Å². The summed E-state index contributed by atoms with van der Waals surface area (Å²) in [5.74, 6) is -1.86. The number of halogens is 3. The first-order chi connectivity index (χ1) is 10.1. The van der Waals surface area contributed by atoms with E-state index in [2.05, 4.69) is 15.6 Å². The molecule has 6 heteroatoms. The van der Waals surface area contributed by atoms with Crippen LogP contribution in [0.5, 0.6) is 0 Å². The maximum absolute atomic E-state index is 13.7. The molecule has 0 fully saturated rings. The molecule has 1 heterocycles. The van der Waals surface area contributed by atoms with E-state index in [-0.39, 0.29) is 24.0 Å². The Morgan fingerprint density at radius 1 is 0.952 bits per heavy atom. The van der Waals surface area contributed by atoms with Gasteiger partial charge in [0.1, 0.15) is 5.82 Å². The maximum Gasteiger partial charge on any atom is 0.168 e. The van der Waals surface area contributed by atoms with Crippen molar-refractivity contribution in [2.24, 2.45) is 0 Å². The molecule has 0 radical (unpaired) electrons. The molecule has 0 spiro atoms. The van der Waals surface area contributed by atoms with Crippen LogP contribution < -0.4 is 10.6 Å². The minimum atomic E-state index is -0.767. The van der Waals surface area contributed by atoms with Gasteiger partial charge in [0.15, 0.2) is 23.3 Å². The van der Waals surface area contributed by atoms with E-state index >= 15 is 0 Å². The Morgan fingerprint density at radius 3 is 2.19 bits per heavy atom. The molecular formula is C15H16F3N3. The first-order valence-corrected chi connectivity index (χ1v) is 6.68. The second-order valence-electron chi connectivity index (χ2n) is 4.56. The monoisotopic (exact) mass is 295 g/mol. The summed E-state index contributed by atoms with van der Waals surface area (Å²) in [5.41, 5.74) is 0.769. The van der Waals surface area contributed by atoms with E-state index in [1.165, 1.54) is 12.1 Å². The smallest absolute Gasteiger partial charge is 0.168 e. The van der Waals surface area contributed by atoms with Gasteiger partial charge in [-0.05, 0) is 24.1 Å². The summed E-state index contributed by atoms with van der Waals surface area (Å²) in [6, 6.07) is 6.59. The van der Waals surface area contributed by atoms with Gasteiger partial charge in [-0.1, -0.05) is 19.1 Å². The van der Waals surface area contributed by atoms with Gasteiger partial charge in [0.2, 0.25) is 0 Å². The Morgan fingerprint density at radius 2 is 1.57 bits per heavy atom. The summed E-state index contributed by atoms with van der Waals surface area (Å²) >= 11 is 0. The van der Waals surface area contributed by atoms with Gasteiger partial charge < -0.3 is 10.6 Å². The summed E-state index contributed by atoms with van der Waals surface area (Å²) in [7, 11) is 0. The molecule has 1 aromatic heterocycles. The lowest BCUT2D eigenvalue weighted by Crippen LogP contribution is -2.09. The zero-order valence-corrected chi connectivity index (χ0v) is 11.6. The second kappa shape index (κ2) is 6.97. The van der Waals surface area contributed by atoms with Gasteiger partial charge in [0.05, 0.1) is 0 Å². The molecule has 0 saturated heterocycles. The van der Waals surface area contributed by atoms with Crippen molar-refractivity contribution in [3.63, 3.8) is 0 Å². The average Bonchev–Trinajstić information content (AvgIpc) is 2.47. The normalized spacial score (nSPS) is 10.5. The van der Waals surface area contributed by atoms with Crippen LogP contribution >= 0.6 is 0 Å². The van der Waals surface area contributed by atoms with Crippen LogP contribution in [0.1, 0.15) is 18.9 Å². The van der Waals surface area contributed by atoms with Crippen molar-refractivity contribution in [1.82, 2.24) is 4.98 Å². The highest BCUT2D eigenvalue weighted by Gasteiger charge is 2.11. The highest BCUT2D eigenvalue weighted by Crippen LogP contribution is 2.19. The van der Waals surface area contributed by atoms with E-state index in [1.807, 2.05) is 6.92 Å². The summed E-state index contributed by atoms with van der Waals surface area (Å²) in [4.78, 5) is 3.90. The lowest BCUT2D eigenvalue weighted by Gasteiger charge is -2.11. The third kappa shape index (κ3) is 4.11. The minimum absolute atomic E-state index is 0.0138. The number of pyridine rings is 1. The van der Waals surface area contributed by atoms with E-state index in [0.717, 1.165) is 18.1 Å². The predicted molar refractivity (Wildman–Crippen MR) is 76.7 cm³/mol. The number of nitrogens with one attached hydrogen (secondary N) is 2. The number of aromatic nitrogens is 1. The fourth-order valence-corrected chi connectivity index (χ4v) is 1.75. The number of rotatable bonds is 6. The van der Waals surface area contributed by atoms with Crippen molar-refractivity contribution in [2.75, 3.05) is 17.2 Å². The standard InChI is InChI=1S/C15H16F3N3/c1-2-7-19-14-12(17)8-13(18)15(21-14)20-9-10-3-5-11(16)6-4-10/h3-6,8H,2,7,9H2,1H3,(H2,19,20,21). The Hall–Kier alpha value is -2.24. The SMILES string of the molecule is CCCNc1nc(NCc2ccc(F)cc2)c(F)cc1F. The number of benzene rings is 1.